The maximum Gasteiger partial charge on any atom is 0.322 e. The van der Waals surface area contributed by atoms with Crippen LogP contribution in [0.4, 0.5) is 4.79 Å². The van der Waals surface area contributed by atoms with E-state index in [0.717, 1.165) is 5.69 Å². The molecule has 1 aromatic rings. The number of piperidine rings is 1. The van der Waals surface area contributed by atoms with Crippen molar-refractivity contribution in [2.75, 3.05) is 13.1 Å². The maximum atomic E-state index is 12.7. The van der Waals surface area contributed by atoms with Crippen LogP contribution in [-0.2, 0) is 11.8 Å². The smallest absolute Gasteiger partial charge is 0.322 e. The Morgan fingerprint density at radius 3 is 2.32 bits per heavy atom. The van der Waals surface area contributed by atoms with Gasteiger partial charge in [0.2, 0.25) is 0 Å². The number of carbonyl (C=O) groups excluding carboxylic acids is 3. The van der Waals surface area contributed by atoms with Crippen LogP contribution in [0.5, 0.6) is 0 Å². The zero-order valence-corrected chi connectivity index (χ0v) is 12.9. The second-order valence-corrected chi connectivity index (χ2v) is 5.95. The molecular formula is C14H19N5O3. The molecule has 2 N–H and O–H groups in total. The van der Waals surface area contributed by atoms with E-state index in [1.54, 1.807) is 9.58 Å². The Balaban J connectivity index is 1.75. The Bertz CT molecular complexity index is 670. The van der Waals surface area contributed by atoms with Crippen molar-refractivity contribution in [1.82, 2.24) is 25.3 Å². The fourth-order valence-corrected chi connectivity index (χ4v) is 3.21. The highest BCUT2D eigenvalue weighted by Gasteiger charge is 2.48. The van der Waals surface area contributed by atoms with Crippen molar-refractivity contribution in [3.63, 3.8) is 0 Å². The van der Waals surface area contributed by atoms with Crippen molar-refractivity contribution in [1.29, 1.82) is 0 Å². The van der Waals surface area contributed by atoms with E-state index in [1.807, 2.05) is 20.9 Å². The van der Waals surface area contributed by atoms with E-state index in [9.17, 15) is 14.4 Å². The van der Waals surface area contributed by atoms with E-state index >= 15 is 0 Å². The van der Waals surface area contributed by atoms with Gasteiger partial charge in [-0.2, -0.15) is 5.10 Å². The lowest BCUT2D eigenvalue weighted by Gasteiger charge is -2.37. The Labute approximate surface area is 127 Å². The summed E-state index contributed by atoms with van der Waals surface area (Å²) in [4.78, 5) is 37.6. The summed E-state index contributed by atoms with van der Waals surface area (Å²) < 4.78 is 1.69. The number of aryl methyl sites for hydroxylation is 2. The SMILES string of the molecule is Cc1nn(C)c(C)c1C(=O)N1CCC2(CC1)NC(=O)NC2=O. The molecule has 8 heteroatoms. The number of likely N-dealkylation sites (tertiary alicyclic amines) is 1. The number of rotatable bonds is 1. The van der Waals surface area contributed by atoms with Crippen molar-refractivity contribution in [3.05, 3.63) is 17.0 Å². The van der Waals surface area contributed by atoms with Crippen LogP contribution in [0.3, 0.4) is 0 Å². The van der Waals surface area contributed by atoms with Crippen LogP contribution in [0.25, 0.3) is 0 Å². The van der Waals surface area contributed by atoms with Crippen molar-refractivity contribution < 1.29 is 14.4 Å². The summed E-state index contributed by atoms with van der Waals surface area (Å²) in [5.41, 5.74) is 1.30. The van der Waals surface area contributed by atoms with E-state index in [2.05, 4.69) is 15.7 Å². The van der Waals surface area contributed by atoms with Crippen LogP contribution >= 0.6 is 0 Å². The Hall–Kier alpha value is -2.38. The second-order valence-electron chi connectivity index (χ2n) is 5.95. The molecule has 3 rings (SSSR count). The minimum absolute atomic E-state index is 0.0670. The molecule has 2 aliphatic heterocycles. The largest absolute Gasteiger partial charge is 0.338 e. The van der Waals surface area contributed by atoms with Crippen LogP contribution in [0, 0.1) is 13.8 Å². The highest BCUT2D eigenvalue weighted by Crippen LogP contribution is 2.27. The number of nitrogens with one attached hydrogen (secondary N) is 2. The van der Waals surface area contributed by atoms with Gasteiger partial charge in [-0.05, 0) is 26.7 Å². The molecule has 2 aliphatic rings. The number of hydrogen-bond donors (Lipinski definition) is 2. The highest BCUT2D eigenvalue weighted by molar-refractivity contribution is 6.07. The van der Waals surface area contributed by atoms with E-state index < -0.39 is 11.6 Å². The van der Waals surface area contributed by atoms with Crippen LogP contribution in [0.1, 0.15) is 34.6 Å². The molecule has 1 spiro atoms. The molecular weight excluding hydrogens is 286 g/mol. The summed E-state index contributed by atoms with van der Waals surface area (Å²) in [6.45, 7) is 4.54. The minimum atomic E-state index is -0.854. The van der Waals surface area contributed by atoms with Gasteiger partial charge < -0.3 is 10.2 Å². The number of aromatic nitrogens is 2. The zero-order chi connectivity index (χ0) is 16.1. The molecule has 1 aromatic heterocycles. The van der Waals surface area contributed by atoms with Crippen molar-refractivity contribution in [2.24, 2.45) is 7.05 Å². The summed E-state index contributed by atoms with van der Waals surface area (Å²) >= 11 is 0. The number of hydrogen-bond acceptors (Lipinski definition) is 4. The fraction of sp³-hybridized carbons (Fsp3) is 0.571. The average molecular weight is 305 g/mol. The Kier molecular flexibility index (Phi) is 3.19. The first-order valence-electron chi connectivity index (χ1n) is 7.27. The molecule has 118 valence electrons. The Morgan fingerprint density at radius 1 is 1.23 bits per heavy atom. The van der Waals surface area contributed by atoms with Gasteiger partial charge in [0, 0.05) is 25.8 Å². The lowest BCUT2D eigenvalue weighted by atomic mass is 9.87. The lowest BCUT2D eigenvalue weighted by molar-refractivity contribution is -0.125. The second kappa shape index (κ2) is 4.82. The normalized spacial score (nSPS) is 20.2. The fourth-order valence-electron chi connectivity index (χ4n) is 3.21. The molecule has 2 saturated heterocycles. The summed E-state index contributed by atoms with van der Waals surface area (Å²) in [5, 5.41) is 9.23. The number of nitrogens with zero attached hydrogens (tertiary/aromatic N) is 3. The zero-order valence-electron chi connectivity index (χ0n) is 12.9. The first-order valence-corrected chi connectivity index (χ1v) is 7.27. The van der Waals surface area contributed by atoms with E-state index in [-0.39, 0.29) is 11.8 Å². The van der Waals surface area contributed by atoms with Gasteiger partial charge in [0.15, 0.2) is 0 Å². The predicted molar refractivity (Wildman–Crippen MR) is 77.2 cm³/mol. The molecule has 0 atom stereocenters. The number of carbonyl (C=O) groups is 3. The topological polar surface area (TPSA) is 96.3 Å². The first-order chi connectivity index (χ1) is 10.3. The van der Waals surface area contributed by atoms with Gasteiger partial charge in [-0.15, -0.1) is 0 Å². The molecule has 0 aromatic carbocycles. The van der Waals surface area contributed by atoms with Crippen molar-refractivity contribution in [2.45, 2.75) is 32.2 Å². The number of urea groups is 1. The van der Waals surface area contributed by atoms with E-state index in [1.165, 1.54) is 0 Å². The van der Waals surface area contributed by atoms with Crippen molar-refractivity contribution >= 4 is 17.8 Å². The van der Waals surface area contributed by atoms with Gasteiger partial charge in [-0.1, -0.05) is 0 Å². The molecule has 4 amide bonds. The third-order valence-corrected chi connectivity index (χ3v) is 4.64. The summed E-state index contributed by atoms with van der Waals surface area (Å²) in [6.07, 6.45) is 0.851. The third-order valence-electron chi connectivity index (χ3n) is 4.64. The summed E-state index contributed by atoms with van der Waals surface area (Å²) in [7, 11) is 1.81. The first kappa shape index (κ1) is 14.6. The standard InChI is InChI=1S/C14H19N5O3/c1-8-10(9(2)18(3)17-8)11(20)19-6-4-14(5-7-19)12(21)15-13(22)16-14/h4-7H2,1-3H3,(H2,15,16,21,22). The van der Waals surface area contributed by atoms with Gasteiger partial charge in [-0.3, -0.25) is 19.6 Å². The maximum absolute atomic E-state index is 12.7. The van der Waals surface area contributed by atoms with Gasteiger partial charge in [0.05, 0.1) is 11.3 Å². The number of amides is 4. The van der Waals surface area contributed by atoms with E-state index in [4.69, 9.17) is 0 Å². The third kappa shape index (κ3) is 2.06. The van der Waals surface area contributed by atoms with Crippen LogP contribution in [0.15, 0.2) is 0 Å². The molecule has 0 aliphatic carbocycles. The quantitative estimate of drug-likeness (QED) is 0.705. The predicted octanol–water partition coefficient (Wildman–Crippen LogP) is -0.149. The molecule has 8 nitrogen and oxygen atoms in total. The molecule has 0 bridgehead atoms. The molecule has 0 saturated carbocycles. The van der Waals surface area contributed by atoms with Crippen molar-refractivity contribution in [3.8, 4) is 0 Å². The van der Waals surface area contributed by atoms with E-state index in [0.29, 0.717) is 37.2 Å². The van der Waals surface area contributed by atoms with Gasteiger partial charge in [-0.25, -0.2) is 4.79 Å². The Morgan fingerprint density at radius 2 is 1.86 bits per heavy atom. The lowest BCUT2D eigenvalue weighted by Crippen LogP contribution is -2.55. The molecule has 0 unspecified atom stereocenters. The monoisotopic (exact) mass is 305 g/mol. The summed E-state index contributed by atoms with van der Waals surface area (Å²) in [5.74, 6) is -0.360. The van der Waals surface area contributed by atoms with Crippen LogP contribution in [-0.4, -0.2) is 51.2 Å². The molecule has 0 radical (unpaired) electrons. The van der Waals surface area contributed by atoms with Crippen LogP contribution < -0.4 is 10.6 Å². The van der Waals surface area contributed by atoms with Gasteiger partial charge in [0.25, 0.3) is 11.8 Å². The van der Waals surface area contributed by atoms with Gasteiger partial charge >= 0.3 is 6.03 Å². The van der Waals surface area contributed by atoms with Gasteiger partial charge in [0.1, 0.15) is 5.54 Å². The molecule has 3 heterocycles. The molecule has 22 heavy (non-hydrogen) atoms. The summed E-state index contributed by atoms with van der Waals surface area (Å²) in [6, 6.07) is -0.455. The van der Waals surface area contributed by atoms with Crippen LogP contribution in [0.2, 0.25) is 0 Å². The molecule has 2 fully saturated rings. The minimum Gasteiger partial charge on any atom is -0.338 e. The number of imide groups is 1. The average Bonchev–Trinajstić information content (AvgIpc) is 2.87. The highest BCUT2D eigenvalue weighted by atomic mass is 16.2.